The number of amides is 2. The van der Waals surface area contributed by atoms with Crippen LogP contribution in [-0.2, 0) is 32.6 Å². The number of methoxy groups -OCH3 is 1. The summed E-state index contributed by atoms with van der Waals surface area (Å²) in [6.07, 6.45) is 0.975. The van der Waals surface area contributed by atoms with Crippen LogP contribution in [0.3, 0.4) is 0 Å². The first-order valence-corrected chi connectivity index (χ1v) is 16.9. The number of anilines is 1. The molecule has 0 aliphatic heterocycles. The fourth-order valence-corrected chi connectivity index (χ4v) is 6.72. The summed E-state index contributed by atoms with van der Waals surface area (Å²) in [6.45, 7) is 7.60. The highest BCUT2D eigenvalue weighted by Gasteiger charge is 2.35. The third-order valence-corrected chi connectivity index (χ3v) is 9.81. The van der Waals surface area contributed by atoms with Crippen molar-refractivity contribution < 1.29 is 22.7 Å². The number of hydrogen-bond acceptors (Lipinski definition) is 5. The Morgan fingerprint density at radius 1 is 0.848 bits per heavy atom. The molecule has 0 saturated carbocycles. The Morgan fingerprint density at radius 3 is 2.20 bits per heavy atom. The minimum atomic E-state index is -4.18. The van der Waals surface area contributed by atoms with Gasteiger partial charge in [-0.05, 0) is 79.8 Å². The van der Waals surface area contributed by atoms with Gasteiger partial charge in [-0.2, -0.15) is 0 Å². The number of nitrogens with one attached hydrogen (secondary N) is 1. The van der Waals surface area contributed by atoms with Gasteiger partial charge in [-0.15, -0.1) is 0 Å². The normalized spacial score (nSPS) is 11.8. The van der Waals surface area contributed by atoms with E-state index in [9.17, 15) is 18.0 Å². The predicted molar refractivity (Wildman–Crippen MR) is 182 cm³/mol. The van der Waals surface area contributed by atoms with Gasteiger partial charge in [0.25, 0.3) is 10.0 Å². The predicted octanol–water partition coefficient (Wildman–Crippen LogP) is 5.98. The van der Waals surface area contributed by atoms with Crippen LogP contribution < -0.4 is 14.4 Å². The van der Waals surface area contributed by atoms with E-state index in [2.05, 4.69) is 5.32 Å². The molecule has 0 heterocycles. The lowest BCUT2D eigenvalue weighted by molar-refractivity contribution is -0.140. The van der Waals surface area contributed by atoms with Crippen molar-refractivity contribution in [3.63, 3.8) is 0 Å². The molecule has 0 fully saturated rings. The molecule has 0 aliphatic rings. The topological polar surface area (TPSA) is 96.0 Å². The monoisotopic (exact) mass is 641 g/mol. The number of hydrogen-bond donors (Lipinski definition) is 1. The van der Waals surface area contributed by atoms with Crippen LogP contribution in [0.15, 0.2) is 102 Å². The Hall–Kier alpha value is -4.63. The van der Waals surface area contributed by atoms with E-state index in [0.717, 1.165) is 34.2 Å². The maximum atomic E-state index is 14.6. The molecule has 1 unspecified atom stereocenters. The van der Waals surface area contributed by atoms with E-state index >= 15 is 0 Å². The minimum Gasteiger partial charge on any atom is -0.497 e. The van der Waals surface area contributed by atoms with Gasteiger partial charge in [-0.25, -0.2) is 8.42 Å². The highest BCUT2D eigenvalue weighted by atomic mass is 32.2. The van der Waals surface area contributed by atoms with Gasteiger partial charge in [0.05, 0.1) is 17.7 Å². The maximum Gasteiger partial charge on any atom is 0.264 e. The fourth-order valence-electron chi connectivity index (χ4n) is 5.24. The summed E-state index contributed by atoms with van der Waals surface area (Å²) in [4.78, 5) is 30.0. The molecule has 1 atom stereocenters. The van der Waals surface area contributed by atoms with Crippen molar-refractivity contribution >= 4 is 27.5 Å². The van der Waals surface area contributed by atoms with Gasteiger partial charge in [0.1, 0.15) is 18.3 Å². The highest BCUT2D eigenvalue weighted by Crippen LogP contribution is 2.29. The Bertz CT molecular complexity index is 1740. The number of sulfonamides is 1. The van der Waals surface area contributed by atoms with Crippen LogP contribution in [-0.4, -0.2) is 51.4 Å². The van der Waals surface area contributed by atoms with E-state index in [1.165, 1.54) is 9.21 Å². The second-order valence-corrected chi connectivity index (χ2v) is 13.3. The Kier molecular flexibility index (Phi) is 11.6. The van der Waals surface area contributed by atoms with Crippen molar-refractivity contribution in [3.05, 3.63) is 125 Å². The summed E-state index contributed by atoms with van der Waals surface area (Å²) >= 11 is 0. The third-order valence-electron chi connectivity index (χ3n) is 8.04. The van der Waals surface area contributed by atoms with Gasteiger partial charge in [0.2, 0.25) is 11.8 Å². The average molecular weight is 642 g/mol. The van der Waals surface area contributed by atoms with Gasteiger partial charge in [-0.1, -0.05) is 79.2 Å². The number of benzene rings is 4. The van der Waals surface area contributed by atoms with E-state index < -0.39 is 28.5 Å². The third kappa shape index (κ3) is 8.34. The smallest absolute Gasteiger partial charge is 0.264 e. The van der Waals surface area contributed by atoms with Crippen molar-refractivity contribution in [2.45, 2.75) is 58.0 Å². The lowest BCUT2D eigenvalue weighted by atomic mass is 10.0. The standard InChI is InChI=1S/C37H43N3O5S/c1-6-22-38-37(42)35(24-30-13-8-7-9-14-30)39(25-31-15-11-16-32(23-31)45-5)36(41)26-40(34-17-10-12-28(3)29(34)4)46(43,44)33-20-18-27(2)19-21-33/h7-21,23,35H,6,22,24-26H2,1-5H3,(H,38,42). The largest absolute Gasteiger partial charge is 0.497 e. The van der Waals surface area contributed by atoms with Crippen LogP contribution in [0.2, 0.25) is 0 Å². The first-order valence-electron chi connectivity index (χ1n) is 15.4. The lowest BCUT2D eigenvalue weighted by Gasteiger charge is -2.34. The van der Waals surface area contributed by atoms with E-state index in [1.54, 1.807) is 43.5 Å². The summed E-state index contributed by atoms with van der Waals surface area (Å²) in [5.41, 5.74) is 4.58. The van der Waals surface area contributed by atoms with Gasteiger partial charge in [-0.3, -0.25) is 13.9 Å². The van der Waals surface area contributed by atoms with Crippen LogP contribution in [0, 0.1) is 20.8 Å². The molecule has 0 spiro atoms. The second kappa shape index (κ2) is 15.6. The van der Waals surface area contributed by atoms with E-state index in [1.807, 2.05) is 88.4 Å². The molecular weight excluding hydrogens is 598 g/mol. The number of nitrogens with zero attached hydrogens (tertiary/aromatic N) is 2. The quantitative estimate of drug-likeness (QED) is 0.183. The van der Waals surface area contributed by atoms with Crippen LogP contribution in [0.4, 0.5) is 5.69 Å². The summed E-state index contributed by atoms with van der Waals surface area (Å²) < 4.78 is 35.2. The fraction of sp³-hybridized carbons (Fsp3) is 0.297. The van der Waals surface area contributed by atoms with E-state index in [4.69, 9.17) is 4.74 Å². The lowest BCUT2D eigenvalue weighted by Crippen LogP contribution is -2.53. The van der Waals surface area contributed by atoms with Gasteiger partial charge in [0.15, 0.2) is 0 Å². The summed E-state index contributed by atoms with van der Waals surface area (Å²) in [5.74, 6) is -0.201. The van der Waals surface area contributed by atoms with Gasteiger partial charge < -0.3 is 15.0 Å². The minimum absolute atomic E-state index is 0.0678. The zero-order chi connectivity index (χ0) is 33.3. The van der Waals surface area contributed by atoms with Crippen LogP contribution >= 0.6 is 0 Å². The number of rotatable bonds is 14. The number of carbonyl (C=O) groups is 2. The molecule has 242 valence electrons. The zero-order valence-corrected chi connectivity index (χ0v) is 28.0. The maximum absolute atomic E-state index is 14.6. The molecule has 4 rings (SSSR count). The SMILES string of the molecule is CCCNC(=O)C(Cc1ccccc1)N(Cc1cccc(OC)c1)C(=O)CN(c1cccc(C)c1C)S(=O)(=O)c1ccc(C)cc1. The van der Waals surface area contributed by atoms with Crippen LogP contribution in [0.5, 0.6) is 5.75 Å². The van der Waals surface area contributed by atoms with Crippen molar-refractivity contribution in [1.82, 2.24) is 10.2 Å². The van der Waals surface area contributed by atoms with Crippen molar-refractivity contribution in [2.75, 3.05) is 24.5 Å². The Labute approximate surface area is 273 Å². The van der Waals surface area contributed by atoms with Crippen LogP contribution in [0.1, 0.15) is 41.2 Å². The molecule has 0 saturated heterocycles. The van der Waals surface area contributed by atoms with Crippen LogP contribution in [0.25, 0.3) is 0 Å². The first kappa shape index (κ1) is 34.2. The Balaban J connectivity index is 1.83. The summed E-state index contributed by atoms with van der Waals surface area (Å²) in [6, 6.07) is 27.9. The first-order chi connectivity index (χ1) is 22.0. The number of aryl methyl sites for hydroxylation is 2. The van der Waals surface area contributed by atoms with E-state index in [-0.39, 0.29) is 23.8 Å². The molecule has 4 aromatic rings. The second-order valence-electron chi connectivity index (χ2n) is 11.4. The molecule has 46 heavy (non-hydrogen) atoms. The molecule has 0 aliphatic carbocycles. The molecule has 1 N–H and O–H groups in total. The average Bonchev–Trinajstić information content (AvgIpc) is 3.06. The molecule has 0 bridgehead atoms. The Morgan fingerprint density at radius 2 is 1.52 bits per heavy atom. The molecule has 8 nitrogen and oxygen atoms in total. The number of carbonyl (C=O) groups excluding carboxylic acids is 2. The van der Waals surface area contributed by atoms with Crippen molar-refractivity contribution in [2.24, 2.45) is 0 Å². The highest BCUT2D eigenvalue weighted by molar-refractivity contribution is 7.92. The van der Waals surface area contributed by atoms with Crippen molar-refractivity contribution in [3.8, 4) is 5.75 Å². The molecule has 2 amide bonds. The van der Waals surface area contributed by atoms with Crippen molar-refractivity contribution in [1.29, 1.82) is 0 Å². The van der Waals surface area contributed by atoms with E-state index in [0.29, 0.717) is 18.0 Å². The van der Waals surface area contributed by atoms with Gasteiger partial charge >= 0.3 is 0 Å². The zero-order valence-electron chi connectivity index (χ0n) is 27.2. The molecule has 0 radical (unpaired) electrons. The molecule has 4 aromatic carbocycles. The molecule has 9 heteroatoms. The summed E-state index contributed by atoms with van der Waals surface area (Å²) in [5, 5.41) is 2.97. The van der Waals surface area contributed by atoms with Gasteiger partial charge in [0, 0.05) is 19.5 Å². The molecule has 0 aromatic heterocycles. The molecular formula is C37H43N3O5S. The number of ether oxygens (including phenoxy) is 1. The summed E-state index contributed by atoms with van der Waals surface area (Å²) in [7, 11) is -2.61.